The third kappa shape index (κ3) is 3.50. The molecule has 2 aliphatic heterocycles. The molecule has 6 rings (SSSR count). The number of ether oxygens (including phenoxy) is 2. The second-order valence-corrected chi connectivity index (χ2v) is 9.92. The number of carbonyl (C=O) groups excluding carboxylic acids is 4. The maximum absolute atomic E-state index is 13.0. The van der Waals surface area contributed by atoms with E-state index in [9.17, 15) is 19.2 Å². The molecule has 5 atom stereocenters. The van der Waals surface area contributed by atoms with Gasteiger partial charge in [-0.25, -0.2) is 0 Å². The number of fused-ring (bicyclic) bond motifs is 5. The lowest BCUT2D eigenvalue weighted by molar-refractivity contribution is -0.139. The lowest BCUT2D eigenvalue weighted by Crippen LogP contribution is -2.32. The van der Waals surface area contributed by atoms with Crippen molar-refractivity contribution in [2.75, 3.05) is 23.5 Å². The normalized spacial score (nSPS) is 29.2. The van der Waals surface area contributed by atoms with Gasteiger partial charge in [0.1, 0.15) is 11.5 Å². The van der Waals surface area contributed by atoms with Crippen LogP contribution in [0.2, 0.25) is 0 Å². The Morgan fingerprint density at radius 3 is 2.00 bits per heavy atom. The van der Waals surface area contributed by atoms with Crippen LogP contribution < -0.4 is 19.3 Å². The summed E-state index contributed by atoms with van der Waals surface area (Å²) in [5, 5.41) is 0. The van der Waals surface area contributed by atoms with E-state index in [1.807, 2.05) is 0 Å². The molecule has 2 heterocycles. The Hall–Kier alpha value is -3.68. The van der Waals surface area contributed by atoms with E-state index >= 15 is 0 Å². The van der Waals surface area contributed by atoms with Gasteiger partial charge in [-0.3, -0.25) is 24.1 Å². The molecule has 8 nitrogen and oxygen atoms in total. The molecule has 2 saturated heterocycles. The Balaban J connectivity index is 1.11. The molecule has 0 N–H and O–H groups in total. The molecule has 2 aromatic rings. The number of amides is 3. The van der Waals surface area contributed by atoms with Gasteiger partial charge in [0, 0.05) is 18.7 Å². The average Bonchev–Trinajstić information content (AvgIpc) is 3.63. The van der Waals surface area contributed by atoms with E-state index in [2.05, 4.69) is 0 Å². The molecule has 2 aromatic carbocycles. The third-order valence-electron chi connectivity index (χ3n) is 8.08. The van der Waals surface area contributed by atoms with Crippen LogP contribution in [0, 0.1) is 29.6 Å². The van der Waals surface area contributed by atoms with Gasteiger partial charge in [-0.2, -0.15) is 0 Å². The molecule has 180 valence electrons. The zero-order chi connectivity index (χ0) is 24.3. The average molecular weight is 475 g/mol. The van der Waals surface area contributed by atoms with Crippen molar-refractivity contribution < 1.29 is 28.7 Å². The molecule has 2 saturated carbocycles. The maximum Gasteiger partial charge on any atom is 0.316 e. The van der Waals surface area contributed by atoms with Crippen molar-refractivity contribution in [1.29, 1.82) is 0 Å². The van der Waals surface area contributed by atoms with Crippen molar-refractivity contribution in [2.24, 2.45) is 29.6 Å². The SMILES string of the molecule is COc1ccc(N2C[C@H](C(=O)Oc3ccc(N4C(=O)[C@@H]5[C@H]6CC[C@@H](C6)[C@@H]5C4=O)cc3)CC2=O)cc1. The molecular weight excluding hydrogens is 448 g/mol. The summed E-state index contributed by atoms with van der Waals surface area (Å²) in [6.45, 7) is 0.240. The van der Waals surface area contributed by atoms with E-state index in [0.29, 0.717) is 34.7 Å². The van der Waals surface area contributed by atoms with E-state index in [4.69, 9.17) is 9.47 Å². The van der Waals surface area contributed by atoms with Gasteiger partial charge in [-0.1, -0.05) is 0 Å². The van der Waals surface area contributed by atoms with Gasteiger partial charge in [0.2, 0.25) is 17.7 Å². The van der Waals surface area contributed by atoms with Crippen LogP contribution in [0.25, 0.3) is 0 Å². The van der Waals surface area contributed by atoms with Gasteiger partial charge in [0.15, 0.2) is 0 Å². The second kappa shape index (κ2) is 8.22. The minimum atomic E-state index is -0.583. The number of anilines is 2. The quantitative estimate of drug-likeness (QED) is 0.375. The van der Waals surface area contributed by atoms with E-state index < -0.39 is 11.9 Å². The number of hydrogen-bond donors (Lipinski definition) is 0. The first-order valence-corrected chi connectivity index (χ1v) is 12.1. The van der Waals surface area contributed by atoms with Crippen molar-refractivity contribution in [3.8, 4) is 11.5 Å². The zero-order valence-electron chi connectivity index (χ0n) is 19.4. The summed E-state index contributed by atoms with van der Waals surface area (Å²) < 4.78 is 10.7. The molecule has 2 aliphatic carbocycles. The molecule has 8 heteroatoms. The predicted octanol–water partition coefficient (Wildman–Crippen LogP) is 3.19. The number of imide groups is 1. The standard InChI is InChI=1S/C27H26N2O6/c1-34-20-8-4-18(5-9-20)28-14-17(13-22(28)30)27(33)35-21-10-6-19(7-11-21)29-25(31)23-15-2-3-16(12-15)24(23)26(29)32/h4-11,15-17,23-24H,2-3,12-14H2,1H3/t15-,16-,17+,23-,24+/m0/s1. The first-order valence-electron chi connectivity index (χ1n) is 12.1. The summed E-state index contributed by atoms with van der Waals surface area (Å²) in [6.07, 6.45) is 3.14. The summed E-state index contributed by atoms with van der Waals surface area (Å²) in [5.74, 6) is -0.0853. The highest BCUT2D eigenvalue weighted by atomic mass is 16.5. The minimum Gasteiger partial charge on any atom is -0.497 e. The van der Waals surface area contributed by atoms with E-state index in [1.54, 1.807) is 60.5 Å². The van der Waals surface area contributed by atoms with Crippen LogP contribution in [0.4, 0.5) is 11.4 Å². The van der Waals surface area contributed by atoms with Crippen LogP contribution in [0.1, 0.15) is 25.7 Å². The first-order chi connectivity index (χ1) is 16.9. The molecule has 2 bridgehead atoms. The van der Waals surface area contributed by atoms with Crippen molar-refractivity contribution in [2.45, 2.75) is 25.7 Å². The van der Waals surface area contributed by atoms with Gasteiger partial charge >= 0.3 is 5.97 Å². The number of hydrogen-bond acceptors (Lipinski definition) is 6. The van der Waals surface area contributed by atoms with E-state index in [1.165, 1.54) is 4.90 Å². The van der Waals surface area contributed by atoms with Gasteiger partial charge in [-0.05, 0) is 79.6 Å². The van der Waals surface area contributed by atoms with Gasteiger partial charge in [0.05, 0.1) is 30.6 Å². The monoisotopic (exact) mass is 474 g/mol. The van der Waals surface area contributed by atoms with Crippen LogP contribution in [0.15, 0.2) is 48.5 Å². The zero-order valence-corrected chi connectivity index (χ0v) is 19.4. The Morgan fingerprint density at radius 2 is 1.40 bits per heavy atom. The van der Waals surface area contributed by atoms with Gasteiger partial charge < -0.3 is 14.4 Å². The smallest absolute Gasteiger partial charge is 0.316 e. The number of esters is 1. The number of rotatable bonds is 5. The molecule has 0 spiro atoms. The van der Waals surface area contributed by atoms with Gasteiger partial charge in [0.25, 0.3) is 0 Å². The summed E-state index contributed by atoms with van der Waals surface area (Å²) in [6, 6.07) is 13.6. The molecular formula is C27H26N2O6. The van der Waals surface area contributed by atoms with Crippen LogP contribution in [0.5, 0.6) is 11.5 Å². The fraction of sp³-hybridized carbons (Fsp3) is 0.407. The molecule has 4 aliphatic rings. The highest BCUT2D eigenvalue weighted by Gasteiger charge is 2.61. The highest BCUT2D eigenvalue weighted by molar-refractivity contribution is 6.22. The molecule has 35 heavy (non-hydrogen) atoms. The van der Waals surface area contributed by atoms with Crippen molar-refractivity contribution in [1.82, 2.24) is 0 Å². The third-order valence-corrected chi connectivity index (χ3v) is 8.08. The topological polar surface area (TPSA) is 93.2 Å². The van der Waals surface area contributed by atoms with E-state index in [0.717, 1.165) is 19.3 Å². The predicted molar refractivity (Wildman–Crippen MR) is 126 cm³/mol. The lowest BCUT2D eigenvalue weighted by Gasteiger charge is -2.19. The fourth-order valence-corrected chi connectivity index (χ4v) is 6.40. The highest BCUT2D eigenvalue weighted by Crippen LogP contribution is 2.56. The van der Waals surface area contributed by atoms with Crippen molar-refractivity contribution >= 4 is 35.1 Å². The first kappa shape index (κ1) is 21.8. The summed E-state index contributed by atoms with van der Waals surface area (Å²) >= 11 is 0. The Labute approximate surface area is 202 Å². The molecule has 3 amide bonds. The summed E-state index contributed by atoms with van der Waals surface area (Å²) in [4.78, 5) is 54.2. The molecule has 0 radical (unpaired) electrons. The lowest BCUT2D eigenvalue weighted by atomic mass is 9.81. The minimum absolute atomic E-state index is 0.0742. The number of carbonyl (C=O) groups is 4. The van der Waals surface area contributed by atoms with E-state index in [-0.39, 0.29) is 42.5 Å². The van der Waals surface area contributed by atoms with Crippen molar-refractivity contribution in [3.63, 3.8) is 0 Å². The van der Waals surface area contributed by atoms with Crippen molar-refractivity contribution in [3.05, 3.63) is 48.5 Å². The molecule has 0 aromatic heterocycles. The van der Waals surface area contributed by atoms with Gasteiger partial charge in [-0.15, -0.1) is 0 Å². The van der Waals surface area contributed by atoms with Crippen LogP contribution in [0.3, 0.4) is 0 Å². The summed E-state index contributed by atoms with van der Waals surface area (Å²) in [5.41, 5.74) is 1.21. The number of benzene rings is 2. The Bertz CT molecular complexity index is 1180. The number of nitrogens with zero attached hydrogens (tertiary/aromatic N) is 2. The van der Waals surface area contributed by atoms with Crippen LogP contribution in [-0.4, -0.2) is 37.3 Å². The number of methoxy groups -OCH3 is 1. The largest absolute Gasteiger partial charge is 0.497 e. The summed E-state index contributed by atoms with van der Waals surface area (Å²) in [7, 11) is 1.57. The van der Waals surface area contributed by atoms with Crippen LogP contribution in [-0.2, 0) is 19.2 Å². The second-order valence-electron chi connectivity index (χ2n) is 9.92. The Kier molecular flexibility index (Phi) is 5.12. The maximum atomic E-state index is 13.0. The fourth-order valence-electron chi connectivity index (χ4n) is 6.40. The molecule has 4 fully saturated rings. The van der Waals surface area contributed by atoms with Crippen LogP contribution >= 0.6 is 0 Å². The molecule has 0 unspecified atom stereocenters. The Morgan fingerprint density at radius 1 is 0.829 bits per heavy atom.